The van der Waals surface area contributed by atoms with Gasteiger partial charge in [-0.05, 0) is 20.3 Å². The van der Waals surface area contributed by atoms with Crippen molar-refractivity contribution in [1.82, 2.24) is 0 Å². The number of hydrogen-bond acceptors (Lipinski definition) is 3. The van der Waals surface area contributed by atoms with Gasteiger partial charge in [-0.15, -0.1) is 0 Å². The van der Waals surface area contributed by atoms with Gasteiger partial charge in [0.1, 0.15) is 11.7 Å². The molecule has 0 heterocycles. The van der Waals surface area contributed by atoms with Gasteiger partial charge in [0.25, 0.3) is 0 Å². The van der Waals surface area contributed by atoms with Crippen LogP contribution in [0.4, 0.5) is 74.6 Å². The van der Waals surface area contributed by atoms with Crippen molar-refractivity contribution in [2.24, 2.45) is 5.92 Å². The molecule has 0 spiro atoms. The first kappa shape index (κ1) is 33.9. The van der Waals surface area contributed by atoms with Gasteiger partial charge in [-0.3, -0.25) is 9.59 Å². The van der Waals surface area contributed by atoms with Gasteiger partial charge in [0.15, 0.2) is 0 Å². The Morgan fingerprint density at radius 3 is 1.25 bits per heavy atom. The Bertz CT molecular complexity index is 815. The number of esters is 1. The minimum atomic E-state index is -8.71. The molecule has 0 rings (SSSR count). The van der Waals surface area contributed by atoms with Crippen molar-refractivity contribution in [2.45, 2.75) is 74.3 Å². The number of ether oxygens (including phenoxy) is 1. The molecule has 0 fully saturated rings. The number of hydrogen-bond donors (Lipinski definition) is 0. The lowest BCUT2D eigenvalue weighted by Crippen LogP contribution is -2.74. The number of carbonyl (C=O) groups is 2. The van der Waals surface area contributed by atoms with E-state index in [0.29, 0.717) is 6.92 Å². The number of alkyl halides is 17. The first-order valence-corrected chi connectivity index (χ1v) is 8.91. The van der Waals surface area contributed by atoms with E-state index >= 15 is 0 Å². The first-order valence-electron chi connectivity index (χ1n) is 8.91. The highest BCUT2D eigenvalue weighted by Gasteiger charge is 2.95. The van der Waals surface area contributed by atoms with Gasteiger partial charge in [0.05, 0.1) is 6.61 Å². The Morgan fingerprint density at radius 2 is 0.944 bits per heavy atom. The summed E-state index contributed by atoms with van der Waals surface area (Å²) in [6.45, 7) is 0.994. The molecule has 0 radical (unpaired) electrons. The topological polar surface area (TPSA) is 43.4 Å². The van der Waals surface area contributed by atoms with E-state index < -0.39 is 84.8 Å². The van der Waals surface area contributed by atoms with Crippen LogP contribution in [0.2, 0.25) is 0 Å². The van der Waals surface area contributed by atoms with E-state index in [0.717, 1.165) is 6.92 Å². The SMILES string of the molecule is CCOC(=O)C(CCC(F)(F)C(F)(F)C(F)(F)C(F)(F)C(F)(F)C(F)(F)C(F)(F)C(F)(F)F)C(C)=O. The molecular weight excluding hydrogens is 563 g/mol. The zero-order valence-corrected chi connectivity index (χ0v) is 17.3. The van der Waals surface area contributed by atoms with Crippen LogP contribution in [-0.2, 0) is 14.3 Å². The molecular formula is C16H13F17O3. The van der Waals surface area contributed by atoms with Crippen molar-refractivity contribution in [2.75, 3.05) is 6.61 Å². The molecule has 0 aromatic heterocycles. The van der Waals surface area contributed by atoms with Gasteiger partial charge in [-0.25, -0.2) is 0 Å². The van der Waals surface area contributed by atoms with Crippen LogP contribution in [0.5, 0.6) is 0 Å². The first-order chi connectivity index (χ1) is 15.5. The fourth-order valence-corrected chi connectivity index (χ4v) is 2.41. The van der Waals surface area contributed by atoms with E-state index in [4.69, 9.17) is 0 Å². The zero-order valence-electron chi connectivity index (χ0n) is 17.3. The highest BCUT2D eigenvalue weighted by molar-refractivity contribution is 5.97. The molecule has 0 amide bonds. The van der Waals surface area contributed by atoms with Gasteiger partial charge in [-0.2, -0.15) is 74.6 Å². The lowest BCUT2D eigenvalue weighted by molar-refractivity contribution is -0.461. The van der Waals surface area contributed by atoms with Crippen LogP contribution in [0, 0.1) is 5.92 Å². The van der Waals surface area contributed by atoms with Crippen LogP contribution < -0.4 is 0 Å². The molecule has 0 aliphatic heterocycles. The smallest absolute Gasteiger partial charge is 0.460 e. The average molecular weight is 576 g/mol. The molecule has 0 aromatic rings. The molecule has 0 saturated carbocycles. The number of Topliss-reactive ketones (excluding diaryl/α,β-unsaturated/α-hetero) is 1. The summed E-state index contributed by atoms with van der Waals surface area (Å²) in [7, 11) is 0. The third kappa shape index (κ3) is 5.04. The predicted molar refractivity (Wildman–Crippen MR) is 80.7 cm³/mol. The van der Waals surface area contributed by atoms with Crippen LogP contribution in [0.1, 0.15) is 26.7 Å². The van der Waals surface area contributed by atoms with E-state index in [-0.39, 0.29) is 0 Å². The molecule has 214 valence electrons. The highest BCUT2D eigenvalue weighted by atomic mass is 19.4. The minimum Gasteiger partial charge on any atom is -0.465 e. The van der Waals surface area contributed by atoms with Crippen molar-refractivity contribution in [3.63, 3.8) is 0 Å². The molecule has 0 bridgehead atoms. The molecule has 36 heavy (non-hydrogen) atoms. The maximum Gasteiger partial charge on any atom is 0.460 e. The molecule has 0 aliphatic rings. The Hall–Kier alpha value is -2.05. The lowest BCUT2D eigenvalue weighted by Gasteiger charge is -2.42. The van der Waals surface area contributed by atoms with E-state index in [9.17, 15) is 84.2 Å². The molecule has 20 heteroatoms. The number of ketones is 1. The Balaban J connectivity index is 6.50. The standard InChI is InChI=1S/C16H13F17O3/c1-3-36-8(35)7(6(2)34)4-5-9(17,18)10(19,20)11(21,22)12(23,24)13(25,26)14(27,28)15(29,30)16(31,32)33/h7H,3-5H2,1-2H3. The van der Waals surface area contributed by atoms with Crippen LogP contribution in [0.15, 0.2) is 0 Å². The number of carbonyl (C=O) groups excluding carboxylic acids is 2. The second-order valence-electron chi connectivity index (χ2n) is 7.10. The van der Waals surface area contributed by atoms with Crippen molar-refractivity contribution in [3.8, 4) is 0 Å². The van der Waals surface area contributed by atoms with Gasteiger partial charge in [-0.1, -0.05) is 0 Å². The molecule has 0 N–H and O–H groups in total. The fraction of sp³-hybridized carbons (Fsp3) is 0.875. The van der Waals surface area contributed by atoms with Crippen molar-refractivity contribution in [3.05, 3.63) is 0 Å². The summed E-state index contributed by atoms with van der Waals surface area (Å²) in [5.41, 5.74) is 0. The predicted octanol–water partition coefficient (Wildman–Crippen LogP) is 6.54. The second kappa shape index (κ2) is 9.68. The minimum absolute atomic E-state index is 0.462. The number of halogens is 17. The maximum atomic E-state index is 13.8. The molecule has 0 aliphatic carbocycles. The summed E-state index contributed by atoms with van der Waals surface area (Å²) >= 11 is 0. The Labute approximate surface area is 188 Å². The summed E-state index contributed by atoms with van der Waals surface area (Å²) in [4.78, 5) is 22.7. The van der Waals surface area contributed by atoms with Gasteiger partial charge in [0, 0.05) is 6.42 Å². The van der Waals surface area contributed by atoms with Gasteiger partial charge in [0.2, 0.25) is 0 Å². The van der Waals surface area contributed by atoms with Crippen molar-refractivity contribution in [1.29, 1.82) is 0 Å². The van der Waals surface area contributed by atoms with E-state index in [1.165, 1.54) is 0 Å². The Kier molecular flexibility index (Phi) is 9.13. The average Bonchev–Trinajstić information content (AvgIpc) is 2.66. The molecule has 1 unspecified atom stereocenters. The van der Waals surface area contributed by atoms with Crippen LogP contribution >= 0.6 is 0 Å². The van der Waals surface area contributed by atoms with Crippen molar-refractivity contribution < 1.29 is 89.0 Å². The molecule has 0 saturated heterocycles. The largest absolute Gasteiger partial charge is 0.465 e. The van der Waals surface area contributed by atoms with Gasteiger partial charge < -0.3 is 4.74 Å². The summed E-state index contributed by atoms with van der Waals surface area (Å²) < 4.78 is 228. The quantitative estimate of drug-likeness (QED) is 0.151. The maximum absolute atomic E-state index is 13.8. The highest BCUT2D eigenvalue weighted by Crippen LogP contribution is 2.64. The third-order valence-corrected chi connectivity index (χ3v) is 4.60. The van der Waals surface area contributed by atoms with Gasteiger partial charge >= 0.3 is 53.6 Å². The summed E-state index contributed by atoms with van der Waals surface area (Å²) in [5, 5.41) is 0. The monoisotopic (exact) mass is 576 g/mol. The normalized spacial score (nSPS) is 16.1. The summed E-state index contributed by atoms with van der Waals surface area (Å²) in [6, 6.07) is 0. The van der Waals surface area contributed by atoms with E-state index in [1.54, 1.807) is 0 Å². The summed E-state index contributed by atoms with van der Waals surface area (Å²) in [6.07, 6.45) is -12.6. The number of rotatable bonds is 12. The second-order valence-corrected chi connectivity index (χ2v) is 7.10. The van der Waals surface area contributed by atoms with E-state index in [1.807, 2.05) is 0 Å². The lowest BCUT2D eigenvalue weighted by atomic mass is 9.86. The summed E-state index contributed by atoms with van der Waals surface area (Å²) in [5.74, 6) is -62.7. The van der Waals surface area contributed by atoms with Crippen LogP contribution in [0.25, 0.3) is 0 Å². The van der Waals surface area contributed by atoms with Crippen LogP contribution in [0.3, 0.4) is 0 Å². The third-order valence-electron chi connectivity index (χ3n) is 4.60. The van der Waals surface area contributed by atoms with E-state index in [2.05, 4.69) is 4.74 Å². The zero-order chi connectivity index (χ0) is 29.6. The molecule has 0 aromatic carbocycles. The molecule has 1 atom stereocenters. The van der Waals surface area contributed by atoms with Crippen LogP contribution in [-0.4, -0.2) is 66.0 Å². The molecule has 3 nitrogen and oxygen atoms in total. The van der Waals surface area contributed by atoms with Crippen molar-refractivity contribution >= 4 is 11.8 Å². The Morgan fingerprint density at radius 1 is 0.611 bits per heavy atom. The fourth-order valence-electron chi connectivity index (χ4n) is 2.41.